The van der Waals surface area contributed by atoms with Crippen LogP contribution in [0.2, 0.25) is 0 Å². The molecule has 0 spiro atoms. The second kappa shape index (κ2) is 10.1. The SMILES string of the molecule is COC(=O)CCCCCCC(O)CC(=O)OC. The lowest BCUT2D eigenvalue weighted by molar-refractivity contribution is -0.143. The molecule has 100 valence electrons. The molecule has 0 saturated heterocycles. The van der Waals surface area contributed by atoms with E-state index in [1.165, 1.54) is 14.2 Å². The first-order chi connectivity index (χ1) is 8.10. The Morgan fingerprint density at radius 3 is 2.18 bits per heavy atom. The molecule has 0 heterocycles. The normalized spacial score (nSPS) is 11.9. The quantitative estimate of drug-likeness (QED) is 0.492. The van der Waals surface area contributed by atoms with Gasteiger partial charge in [0, 0.05) is 6.42 Å². The van der Waals surface area contributed by atoms with E-state index < -0.39 is 6.10 Å². The van der Waals surface area contributed by atoms with Crippen molar-refractivity contribution in [2.24, 2.45) is 0 Å². The number of hydrogen-bond donors (Lipinski definition) is 1. The van der Waals surface area contributed by atoms with E-state index in [0.717, 1.165) is 25.7 Å². The molecule has 17 heavy (non-hydrogen) atoms. The van der Waals surface area contributed by atoms with Gasteiger partial charge in [0.05, 0.1) is 26.7 Å². The predicted octanol–water partition coefficient (Wildman–Crippen LogP) is 1.42. The average Bonchev–Trinajstić information content (AvgIpc) is 2.32. The molecule has 0 rings (SSSR count). The van der Waals surface area contributed by atoms with E-state index in [-0.39, 0.29) is 18.4 Å². The Hall–Kier alpha value is -1.10. The fourth-order valence-corrected chi connectivity index (χ4v) is 1.48. The van der Waals surface area contributed by atoms with Crippen LogP contribution >= 0.6 is 0 Å². The molecule has 0 saturated carbocycles. The Bertz CT molecular complexity index is 227. The summed E-state index contributed by atoms with van der Waals surface area (Å²) in [7, 11) is 2.69. The summed E-state index contributed by atoms with van der Waals surface area (Å²) < 4.78 is 8.97. The largest absolute Gasteiger partial charge is 0.469 e. The Morgan fingerprint density at radius 1 is 1.00 bits per heavy atom. The molecule has 0 aliphatic rings. The minimum absolute atomic E-state index is 0.0542. The lowest BCUT2D eigenvalue weighted by Gasteiger charge is -2.08. The number of methoxy groups -OCH3 is 2. The van der Waals surface area contributed by atoms with Crippen molar-refractivity contribution in [3.05, 3.63) is 0 Å². The van der Waals surface area contributed by atoms with Gasteiger partial charge in [-0.2, -0.15) is 0 Å². The fraction of sp³-hybridized carbons (Fsp3) is 0.833. The Kier molecular flexibility index (Phi) is 9.43. The topological polar surface area (TPSA) is 72.8 Å². The zero-order chi connectivity index (χ0) is 13.1. The molecule has 5 nitrogen and oxygen atoms in total. The number of carbonyl (C=O) groups is 2. The summed E-state index contributed by atoms with van der Waals surface area (Å²) >= 11 is 0. The van der Waals surface area contributed by atoms with E-state index in [2.05, 4.69) is 9.47 Å². The van der Waals surface area contributed by atoms with E-state index in [9.17, 15) is 14.7 Å². The summed E-state index contributed by atoms with van der Waals surface area (Å²) in [4.78, 5) is 21.6. The first kappa shape index (κ1) is 15.9. The average molecular weight is 246 g/mol. The number of aliphatic hydroxyl groups excluding tert-OH is 1. The van der Waals surface area contributed by atoms with Gasteiger partial charge in [-0.1, -0.05) is 19.3 Å². The third-order valence-electron chi connectivity index (χ3n) is 2.53. The number of esters is 2. The molecule has 1 atom stereocenters. The van der Waals surface area contributed by atoms with Gasteiger partial charge in [-0.05, 0) is 12.8 Å². The number of hydrogen-bond acceptors (Lipinski definition) is 5. The Balaban J connectivity index is 3.33. The molecule has 0 aromatic carbocycles. The van der Waals surface area contributed by atoms with E-state index in [4.69, 9.17) is 0 Å². The summed E-state index contributed by atoms with van der Waals surface area (Å²) in [6.07, 6.45) is 3.99. The zero-order valence-corrected chi connectivity index (χ0v) is 10.6. The summed E-state index contributed by atoms with van der Waals surface area (Å²) in [6.45, 7) is 0. The van der Waals surface area contributed by atoms with Gasteiger partial charge in [0.2, 0.25) is 0 Å². The van der Waals surface area contributed by atoms with Crippen molar-refractivity contribution in [3.63, 3.8) is 0 Å². The minimum Gasteiger partial charge on any atom is -0.469 e. The van der Waals surface area contributed by atoms with Crippen LogP contribution < -0.4 is 0 Å². The van der Waals surface area contributed by atoms with Crippen LogP contribution in [0.4, 0.5) is 0 Å². The van der Waals surface area contributed by atoms with E-state index >= 15 is 0 Å². The molecule has 0 aliphatic heterocycles. The number of rotatable bonds is 9. The van der Waals surface area contributed by atoms with Crippen LogP contribution in [0.1, 0.15) is 44.9 Å². The molecule has 0 fully saturated rings. The first-order valence-corrected chi connectivity index (χ1v) is 5.91. The Labute approximate surface area is 102 Å². The van der Waals surface area contributed by atoms with Crippen LogP contribution in [0.5, 0.6) is 0 Å². The molecular formula is C12H22O5. The summed E-state index contributed by atoms with van der Waals surface area (Å²) in [5, 5.41) is 9.46. The molecule has 1 unspecified atom stereocenters. The molecular weight excluding hydrogens is 224 g/mol. The molecule has 5 heteroatoms. The number of ether oxygens (including phenoxy) is 2. The fourth-order valence-electron chi connectivity index (χ4n) is 1.48. The molecule has 0 aromatic heterocycles. The van der Waals surface area contributed by atoms with Crippen molar-refractivity contribution in [3.8, 4) is 0 Å². The third kappa shape index (κ3) is 9.81. The number of carbonyl (C=O) groups excluding carboxylic acids is 2. The third-order valence-corrected chi connectivity index (χ3v) is 2.53. The second-order valence-corrected chi connectivity index (χ2v) is 3.96. The van der Waals surface area contributed by atoms with Gasteiger partial charge in [0.15, 0.2) is 0 Å². The van der Waals surface area contributed by atoms with Gasteiger partial charge in [-0.3, -0.25) is 9.59 Å². The van der Waals surface area contributed by atoms with Crippen molar-refractivity contribution < 1.29 is 24.2 Å². The van der Waals surface area contributed by atoms with Crippen molar-refractivity contribution in [1.29, 1.82) is 0 Å². The van der Waals surface area contributed by atoms with Crippen LogP contribution in [-0.4, -0.2) is 37.4 Å². The molecule has 0 aromatic rings. The number of aliphatic hydroxyl groups is 1. The Morgan fingerprint density at radius 2 is 1.59 bits per heavy atom. The monoisotopic (exact) mass is 246 g/mol. The van der Waals surface area contributed by atoms with Gasteiger partial charge in [-0.15, -0.1) is 0 Å². The number of unbranched alkanes of at least 4 members (excludes halogenated alkanes) is 3. The van der Waals surface area contributed by atoms with Crippen LogP contribution in [0.3, 0.4) is 0 Å². The van der Waals surface area contributed by atoms with Crippen molar-refractivity contribution in [2.45, 2.75) is 51.0 Å². The van der Waals surface area contributed by atoms with Crippen LogP contribution in [-0.2, 0) is 19.1 Å². The molecule has 0 aliphatic carbocycles. The highest BCUT2D eigenvalue weighted by molar-refractivity contribution is 5.69. The summed E-state index contributed by atoms with van der Waals surface area (Å²) in [5.74, 6) is -0.570. The summed E-state index contributed by atoms with van der Waals surface area (Å²) in [5.41, 5.74) is 0. The highest BCUT2D eigenvalue weighted by Gasteiger charge is 2.10. The lowest BCUT2D eigenvalue weighted by atomic mass is 10.1. The summed E-state index contributed by atoms with van der Waals surface area (Å²) in [6, 6.07) is 0. The van der Waals surface area contributed by atoms with Crippen molar-refractivity contribution in [2.75, 3.05) is 14.2 Å². The van der Waals surface area contributed by atoms with Gasteiger partial charge in [0.25, 0.3) is 0 Å². The van der Waals surface area contributed by atoms with E-state index in [1.807, 2.05) is 0 Å². The van der Waals surface area contributed by atoms with Crippen LogP contribution in [0, 0.1) is 0 Å². The van der Waals surface area contributed by atoms with Gasteiger partial charge in [0.1, 0.15) is 0 Å². The highest BCUT2D eigenvalue weighted by atomic mass is 16.5. The molecule has 1 N–H and O–H groups in total. The highest BCUT2D eigenvalue weighted by Crippen LogP contribution is 2.10. The lowest BCUT2D eigenvalue weighted by Crippen LogP contribution is -2.14. The molecule has 0 radical (unpaired) electrons. The van der Waals surface area contributed by atoms with Crippen molar-refractivity contribution in [1.82, 2.24) is 0 Å². The maximum Gasteiger partial charge on any atom is 0.308 e. The van der Waals surface area contributed by atoms with Crippen LogP contribution in [0.15, 0.2) is 0 Å². The maximum absolute atomic E-state index is 10.8. The first-order valence-electron chi connectivity index (χ1n) is 5.91. The minimum atomic E-state index is -0.622. The predicted molar refractivity (Wildman–Crippen MR) is 62.4 cm³/mol. The zero-order valence-electron chi connectivity index (χ0n) is 10.6. The van der Waals surface area contributed by atoms with Gasteiger partial charge < -0.3 is 14.6 Å². The molecule has 0 amide bonds. The van der Waals surface area contributed by atoms with Gasteiger partial charge >= 0.3 is 11.9 Å². The smallest absolute Gasteiger partial charge is 0.308 e. The second-order valence-electron chi connectivity index (χ2n) is 3.96. The van der Waals surface area contributed by atoms with Crippen LogP contribution in [0.25, 0.3) is 0 Å². The van der Waals surface area contributed by atoms with E-state index in [0.29, 0.717) is 12.8 Å². The van der Waals surface area contributed by atoms with Crippen molar-refractivity contribution >= 4 is 11.9 Å². The maximum atomic E-state index is 10.8. The standard InChI is InChI=1S/C12H22O5/c1-16-11(14)8-6-4-3-5-7-10(13)9-12(15)17-2/h10,13H,3-9H2,1-2H3. The molecule has 0 bridgehead atoms. The van der Waals surface area contributed by atoms with Gasteiger partial charge in [-0.25, -0.2) is 0 Å². The van der Waals surface area contributed by atoms with E-state index in [1.54, 1.807) is 0 Å².